The second-order valence-electron chi connectivity index (χ2n) is 3.97. The van der Waals surface area contributed by atoms with Crippen LogP contribution in [0.1, 0.15) is 25.7 Å². The van der Waals surface area contributed by atoms with E-state index in [9.17, 15) is 14.4 Å². The van der Waals surface area contributed by atoms with E-state index in [1.807, 2.05) is 0 Å². The lowest BCUT2D eigenvalue weighted by Crippen LogP contribution is -2.47. The Bertz CT molecular complexity index is 299. The van der Waals surface area contributed by atoms with Crippen molar-refractivity contribution in [1.29, 1.82) is 0 Å². The van der Waals surface area contributed by atoms with Gasteiger partial charge in [-0.3, -0.25) is 9.59 Å². The average Bonchev–Trinajstić information content (AvgIpc) is 2.36. The number of ether oxygens (including phenoxy) is 2. The fourth-order valence-electron chi connectivity index (χ4n) is 2.29. The number of rotatable bonds is 3. The SMILES string of the molecule is COC(=O)C1CCCCC1(C=O)C(=O)OC. The van der Waals surface area contributed by atoms with Crippen LogP contribution in [0.2, 0.25) is 0 Å². The average molecular weight is 228 g/mol. The molecule has 0 aromatic rings. The van der Waals surface area contributed by atoms with Crippen molar-refractivity contribution in [3.05, 3.63) is 0 Å². The van der Waals surface area contributed by atoms with Crippen molar-refractivity contribution in [3.8, 4) is 0 Å². The number of methoxy groups -OCH3 is 2. The molecule has 0 radical (unpaired) electrons. The van der Waals surface area contributed by atoms with Gasteiger partial charge >= 0.3 is 11.9 Å². The summed E-state index contributed by atoms with van der Waals surface area (Å²) in [5.74, 6) is -1.87. The molecule has 0 aromatic carbocycles. The van der Waals surface area contributed by atoms with Gasteiger partial charge in [0.2, 0.25) is 0 Å². The van der Waals surface area contributed by atoms with E-state index >= 15 is 0 Å². The predicted molar refractivity (Wildman–Crippen MR) is 54.5 cm³/mol. The van der Waals surface area contributed by atoms with Crippen molar-refractivity contribution in [2.24, 2.45) is 11.3 Å². The third-order valence-corrected chi connectivity index (χ3v) is 3.22. The number of aldehydes is 1. The van der Waals surface area contributed by atoms with Crippen LogP contribution in [0.3, 0.4) is 0 Å². The molecule has 0 heterocycles. The molecule has 5 heteroatoms. The Morgan fingerprint density at radius 2 is 1.94 bits per heavy atom. The summed E-state index contributed by atoms with van der Waals surface area (Å²) >= 11 is 0. The Balaban J connectivity index is 3.05. The third-order valence-electron chi connectivity index (χ3n) is 3.22. The van der Waals surface area contributed by atoms with E-state index in [0.717, 1.165) is 12.8 Å². The lowest BCUT2D eigenvalue weighted by Gasteiger charge is -2.35. The maximum Gasteiger partial charge on any atom is 0.319 e. The number of hydrogen-bond acceptors (Lipinski definition) is 5. The summed E-state index contributed by atoms with van der Waals surface area (Å²) in [7, 11) is 2.47. The van der Waals surface area contributed by atoms with Crippen molar-refractivity contribution in [2.45, 2.75) is 25.7 Å². The van der Waals surface area contributed by atoms with Gasteiger partial charge in [-0.05, 0) is 12.8 Å². The van der Waals surface area contributed by atoms with Crippen LogP contribution in [0.5, 0.6) is 0 Å². The van der Waals surface area contributed by atoms with Gasteiger partial charge in [-0.15, -0.1) is 0 Å². The highest BCUT2D eigenvalue weighted by Crippen LogP contribution is 2.41. The summed E-state index contributed by atoms with van der Waals surface area (Å²) in [6.07, 6.45) is 2.93. The van der Waals surface area contributed by atoms with Crippen molar-refractivity contribution >= 4 is 18.2 Å². The van der Waals surface area contributed by atoms with E-state index in [1.165, 1.54) is 14.2 Å². The molecule has 2 atom stereocenters. The van der Waals surface area contributed by atoms with E-state index in [-0.39, 0.29) is 0 Å². The van der Waals surface area contributed by atoms with Crippen LogP contribution in [-0.2, 0) is 23.9 Å². The van der Waals surface area contributed by atoms with E-state index in [2.05, 4.69) is 9.47 Å². The summed E-state index contributed by atoms with van der Waals surface area (Å²) in [6.45, 7) is 0. The number of carbonyl (C=O) groups excluding carboxylic acids is 3. The maximum atomic E-state index is 11.7. The minimum absolute atomic E-state index is 0.350. The number of carbonyl (C=O) groups is 3. The maximum absolute atomic E-state index is 11.7. The van der Waals surface area contributed by atoms with E-state index < -0.39 is 23.3 Å². The molecule has 90 valence electrons. The van der Waals surface area contributed by atoms with Crippen molar-refractivity contribution in [3.63, 3.8) is 0 Å². The highest BCUT2D eigenvalue weighted by Gasteiger charge is 2.52. The first kappa shape index (κ1) is 12.7. The molecule has 0 saturated heterocycles. The summed E-state index contributed by atoms with van der Waals surface area (Å²) < 4.78 is 9.27. The molecule has 0 amide bonds. The molecule has 0 spiro atoms. The van der Waals surface area contributed by atoms with E-state index in [1.54, 1.807) is 0 Å². The second kappa shape index (κ2) is 5.09. The normalized spacial score (nSPS) is 29.2. The highest BCUT2D eigenvalue weighted by atomic mass is 16.5. The van der Waals surface area contributed by atoms with Gasteiger partial charge in [-0.2, -0.15) is 0 Å². The Hall–Kier alpha value is -1.39. The van der Waals surface area contributed by atoms with Crippen LogP contribution in [0.4, 0.5) is 0 Å². The van der Waals surface area contributed by atoms with Crippen LogP contribution in [0.25, 0.3) is 0 Å². The molecule has 0 N–H and O–H groups in total. The van der Waals surface area contributed by atoms with Gasteiger partial charge in [0, 0.05) is 0 Å². The predicted octanol–water partition coefficient (Wildman–Crippen LogP) is 0.708. The molecular formula is C11H16O5. The smallest absolute Gasteiger partial charge is 0.319 e. The Labute approximate surface area is 94.1 Å². The van der Waals surface area contributed by atoms with Gasteiger partial charge in [-0.25, -0.2) is 0 Å². The van der Waals surface area contributed by atoms with Crippen LogP contribution in [0.15, 0.2) is 0 Å². The summed E-state index contributed by atoms with van der Waals surface area (Å²) in [6, 6.07) is 0. The molecule has 5 nitrogen and oxygen atoms in total. The molecule has 0 bridgehead atoms. The fourth-order valence-corrected chi connectivity index (χ4v) is 2.29. The highest BCUT2D eigenvalue weighted by molar-refractivity contribution is 5.98. The van der Waals surface area contributed by atoms with Crippen LogP contribution in [-0.4, -0.2) is 32.4 Å². The molecular weight excluding hydrogens is 212 g/mol. The Morgan fingerprint density at radius 1 is 1.25 bits per heavy atom. The number of hydrogen-bond donors (Lipinski definition) is 0. The van der Waals surface area contributed by atoms with Crippen molar-refractivity contribution < 1.29 is 23.9 Å². The first-order chi connectivity index (χ1) is 7.62. The molecule has 0 aromatic heterocycles. The first-order valence-corrected chi connectivity index (χ1v) is 5.25. The standard InChI is InChI=1S/C11H16O5/c1-15-9(13)8-5-3-4-6-11(8,7-12)10(14)16-2/h7-8H,3-6H2,1-2H3. The summed E-state index contributed by atoms with van der Waals surface area (Å²) in [4.78, 5) is 34.5. The van der Waals surface area contributed by atoms with Crippen LogP contribution < -0.4 is 0 Å². The van der Waals surface area contributed by atoms with Crippen LogP contribution >= 0.6 is 0 Å². The molecule has 0 aliphatic heterocycles. The minimum atomic E-state index is -1.35. The zero-order valence-electron chi connectivity index (χ0n) is 9.52. The monoisotopic (exact) mass is 228 g/mol. The van der Waals surface area contributed by atoms with Crippen molar-refractivity contribution in [2.75, 3.05) is 14.2 Å². The zero-order valence-corrected chi connectivity index (χ0v) is 9.52. The van der Waals surface area contributed by atoms with Gasteiger partial charge in [-0.1, -0.05) is 12.8 Å². The molecule has 2 unspecified atom stereocenters. The van der Waals surface area contributed by atoms with E-state index in [4.69, 9.17) is 0 Å². The Morgan fingerprint density at radius 3 is 2.44 bits per heavy atom. The van der Waals surface area contributed by atoms with Gasteiger partial charge in [0.25, 0.3) is 0 Å². The lowest BCUT2D eigenvalue weighted by atomic mass is 9.67. The second-order valence-corrected chi connectivity index (χ2v) is 3.97. The molecule has 1 rings (SSSR count). The number of esters is 2. The molecule has 16 heavy (non-hydrogen) atoms. The lowest BCUT2D eigenvalue weighted by molar-refractivity contribution is -0.170. The van der Waals surface area contributed by atoms with Crippen molar-refractivity contribution in [1.82, 2.24) is 0 Å². The van der Waals surface area contributed by atoms with Gasteiger partial charge in [0.15, 0.2) is 0 Å². The minimum Gasteiger partial charge on any atom is -0.469 e. The topological polar surface area (TPSA) is 69.7 Å². The molecule has 1 aliphatic carbocycles. The van der Waals surface area contributed by atoms with E-state index in [0.29, 0.717) is 19.1 Å². The Kier molecular flexibility index (Phi) is 4.04. The van der Waals surface area contributed by atoms with Gasteiger partial charge in [0.1, 0.15) is 11.7 Å². The van der Waals surface area contributed by atoms with Gasteiger partial charge < -0.3 is 14.3 Å². The summed E-state index contributed by atoms with van der Waals surface area (Å²) in [5.41, 5.74) is -1.35. The largest absolute Gasteiger partial charge is 0.469 e. The zero-order chi connectivity index (χ0) is 12.2. The molecule has 1 saturated carbocycles. The first-order valence-electron chi connectivity index (χ1n) is 5.25. The molecule has 1 aliphatic rings. The fraction of sp³-hybridized carbons (Fsp3) is 0.727. The third kappa shape index (κ3) is 1.94. The summed E-state index contributed by atoms with van der Waals surface area (Å²) in [5, 5.41) is 0. The van der Waals surface area contributed by atoms with Crippen LogP contribution in [0, 0.1) is 11.3 Å². The molecule has 1 fully saturated rings. The quantitative estimate of drug-likeness (QED) is 0.404. The van der Waals surface area contributed by atoms with Gasteiger partial charge in [0.05, 0.1) is 20.1 Å².